The number of benzene rings is 1. The molecule has 13 heteroatoms. The van der Waals surface area contributed by atoms with Crippen molar-refractivity contribution in [1.29, 1.82) is 0 Å². The number of hydrogen-bond donors (Lipinski definition) is 3. The Balaban J connectivity index is 2.36. The first-order valence-electron chi connectivity index (χ1n) is 14.9. The van der Waals surface area contributed by atoms with Crippen LogP contribution in [0.5, 0.6) is 5.75 Å². The van der Waals surface area contributed by atoms with Crippen LogP contribution in [-0.2, 0) is 27.9 Å². The molecule has 0 radical (unpaired) electrons. The Morgan fingerprint density at radius 2 is 1.55 bits per heavy atom. The molecule has 3 amide bonds. The average Bonchev–Trinajstić information content (AvgIpc) is 3.48. The van der Waals surface area contributed by atoms with Crippen LogP contribution in [-0.4, -0.2) is 85.3 Å². The van der Waals surface area contributed by atoms with E-state index in [2.05, 4.69) is 16.0 Å². The summed E-state index contributed by atoms with van der Waals surface area (Å²) in [5.41, 5.74) is 0.367. The fourth-order valence-electron chi connectivity index (χ4n) is 4.63. The van der Waals surface area contributed by atoms with Gasteiger partial charge < -0.3 is 30.2 Å². The van der Waals surface area contributed by atoms with Gasteiger partial charge in [-0.25, -0.2) is 9.59 Å². The predicted octanol–water partition coefficient (Wildman–Crippen LogP) is 4.94. The van der Waals surface area contributed by atoms with E-state index in [0.29, 0.717) is 31.4 Å². The second kappa shape index (κ2) is 18.0. The van der Waals surface area contributed by atoms with Crippen LogP contribution in [0.25, 0.3) is 0 Å². The monoisotopic (exact) mass is 671 g/mol. The van der Waals surface area contributed by atoms with Crippen molar-refractivity contribution in [3.8, 4) is 5.75 Å². The van der Waals surface area contributed by atoms with Gasteiger partial charge >= 0.3 is 12.1 Å². The summed E-state index contributed by atoms with van der Waals surface area (Å²) in [6.45, 7) is 9.03. The molecule has 1 aliphatic rings. The molecule has 248 valence electrons. The van der Waals surface area contributed by atoms with Gasteiger partial charge in [0.25, 0.3) is 0 Å². The van der Waals surface area contributed by atoms with Gasteiger partial charge in [0, 0.05) is 11.5 Å². The molecule has 1 heterocycles. The number of methoxy groups -OCH3 is 2. The van der Waals surface area contributed by atoms with E-state index >= 15 is 0 Å². The number of hydrogen-bond acceptors (Lipinski definition) is 10. The summed E-state index contributed by atoms with van der Waals surface area (Å²) in [6.07, 6.45) is 3.07. The van der Waals surface area contributed by atoms with Gasteiger partial charge in [0.2, 0.25) is 11.8 Å². The van der Waals surface area contributed by atoms with E-state index in [4.69, 9.17) is 14.2 Å². The van der Waals surface area contributed by atoms with E-state index in [-0.39, 0.29) is 10.00 Å². The number of carbonyl (C=O) groups excluding carboxylic acids is 4. The Morgan fingerprint density at radius 3 is 2.07 bits per heavy atom. The Bertz CT molecular complexity index is 1090. The zero-order valence-electron chi connectivity index (χ0n) is 27.2. The highest BCUT2D eigenvalue weighted by molar-refractivity contribution is 8.20. The smallest absolute Gasteiger partial charge is 0.408 e. The number of nitrogens with one attached hydrogen (secondary N) is 3. The number of amides is 3. The molecule has 3 N–H and O–H groups in total. The molecule has 1 aliphatic heterocycles. The third-order valence-corrected chi connectivity index (χ3v) is 11.5. The summed E-state index contributed by atoms with van der Waals surface area (Å²) in [5.74, 6) is 1.58. The molecule has 0 bridgehead atoms. The van der Waals surface area contributed by atoms with Crippen LogP contribution in [0.1, 0.15) is 65.9 Å². The Hall–Kier alpha value is -2.25. The highest BCUT2D eigenvalue weighted by Crippen LogP contribution is 2.55. The number of alkyl carbamates (subject to hydrolysis) is 1. The summed E-state index contributed by atoms with van der Waals surface area (Å²) >= 11 is 5.18. The van der Waals surface area contributed by atoms with Gasteiger partial charge in [-0.15, -0.1) is 23.5 Å². The maximum atomic E-state index is 13.8. The quantitative estimate of drug-likeness (QED) is 0.208. The van der Waals surface area contributed by atoms with Gasteiger partial charge in [-0.2, -0.15) is 11.8 Å². The van der Waals surface area contributed by atoms with Crippen molar-refractivity contribution < 1.29 is 33.4 Å². The molecular formula is C31H49N3O7S3. The maximum Gasteiger partial charge on any atom is 0.408 e. The molecule has 4 atom stereocenters. The average molecular weight is 672 g/mol. The van der Waals surface area contributed by atoms with E-state index in [1.165, 1.54) is 7.11 Å². The normalized spacial score (nSPS) is 17.0. The standard InChI is InChI=1S/C31H49N3O7S3/c1-9-20(2)25(28(37)40-7)34-27(36)23(32-26(35)24(15-17-42-8)33-29(38)41-30(3,4)5)14-16-31(43-18-19-44-31)21-10-12-22(39-6)13-11-21/h10-13,20,23-25H,9,14-19H2,1-8H3,(H,32,35)(H,33,38)(H,34,36)/t20-,23-,24-,25-/m0/s1. The number of carbonyl (C=O) groups is 4. The first-order valence-corrected chi connectivity index (χ1v) is 18.2. The molecule has 0 aromatic heterocycles. The van der Waals surface area contributed by atoms with Crippen LogP contribution < -0.4 is 20.7 Å². The molecular weight excluding hydrogens is 623 g/mol. The molecule has 0 aliphatic carbocycles. The number of thioether (sulfide) groups is 3. The maximum absolute atomic E-state index is 13.8. The molecule has 0 spiro atoms. The molecule has 10 nitrogen and oxygen atoms in total. The lowest BCUT2D eigenvalue weighted by molar-refractivity contribution is -0.147. The Labute approximate surface area is 275 Å². The molecule has 1 saturated heterocycles. The molecule has 1 aromatic carbocycles. The summed E-state index contributed by atoms with van der Waals surface area (Å²) in [4.78, 5) is 52.7. The van der Waals surface area contributed by atoms with Crippen LogP contribution in [0.4, 0.5) is 4.79 Å². The first kappa shape index (κ1) is 37.9. The summed E-state index contributed by atoms with van der Waals surface area (Å²) in [5, 5.41) is 8.43. The first-order chi connectivity index (χ1) is 20.8. The van der Waals surface area contributed by atoms with Crippen molar-refractivity contribution >= 4 is 59.2 Å². The van der Waals surface area contributed by atoms with E-state index in [9.17, 15) is 19.2 Å². The number of rotatable bonds is 16. The fraction of sp³-hybridized carbons (Fsp3) is 0.677. The molecule has 0 unspecified atom stereocenters. The van der Waals surface area contributed by atoms with E-state index in [1.807, 2.05) is 67.9 Å². The van der Waals surface area contributed by atoms with Crippen LogP contribution in [0.2, 0.25) is 0 Å². The third kappa shape index (κ3) is 11.6. The van der Waals surface area contributed by atoms with Gasteiger partial charge in [-0.1, -0.05) is 32.4 Å². The highest BCUT2D eigenvalue weighted by atomic mass is 32.2. The van der Waals surface area contributed by atoms with Crippen molar-refractivity contribution in [2.75, 3.05) is 37.7 Å². The molecule has 44 heavy (non-hydrogen) atoms. The van der Waals surface area contributed by atoms with E-state index in [0.717, 1.165) is 22.8 Å². The summed E-state index contributed by atoms with van der Waals surface area (Å²) in [7, 11) is 2.91. The summed E-state index contributed by atoms with van der Waals surface area (Å²) in [6, 6.07) is 5.18. The van der Waals surface area contributed by atoms with Gasteiger partial charge in [0.15, 0.2) is 0 Å². The van der Waals surface area contributed by atoms with Crippen molar-refractivity contribution in [1.82, 2.24) is 16.0 Å². The van der Waals surface area contributed by atoms with E-state index in [1.54, 1.807) is 39.6 Å². The van der Waals surface area contributed by atoms with Gasteiger partial charge in [-0.05, 0) is 75.7 Å². The minimum atomic E-state index is -0.965. The minimum Gasteiger partial charge on any atom is -0.497 e. The second-order valence-corrected chi connectivity index (χ2v) is 15.7. The van der Waals surface area contributed by atoms with Crippen molar-refractivity contribution in [2.24, 2.45) is 5.92 Å². The third-order valence-electron chi connectivity index (χ3n) is 7.26. The fourth-order valence-corrected chi connectivity index (χ4v) is 8.40. The topological polar surface area (TPSA) is 132 Å². The highest BCUT2D eigenvalue weighted by Gasteiger charge is 2.40. The van der Waals surface area contributed by atoms with Crippen molar-refractivity contribution in [3.05, 3.63) is 29.8 Å². The van der Waals surface area contributed by atoms with Crippen LogP contribution in [0.3, 0.4) is 0 Å². The van der Waals surface area contributed by atoms with Gasteiger partial charge in [0.05, 0.1) is 18.3 Å². The molecule has 2 rings (SSSR count). The minimum absolute atomic E-state index is 0.183. The van der Waals surface area contributed by atoms with Gasteiger partial charge in [-0.3, -0.25) is 9.59 Å². The lowest BCUT2D eigenvalue weighted by atomic mass is 9.97. The lowest BCUT2D eigenvalue weighted by Crippen LogP contribution is -2.57. The molecule has 1 aromatic rings. The lowest BCUT2D eigenvalue weighted by Gasteiger charge is -2.31. The van der Waals surface area contributed by atoms with Crippen LogP contribution >= 0.6 is 35.3 Å². The number of esters is 1. The van der Waals surface area contributed by atoms with E-state index < -0.39 is 47.6 Å². The molecule has 1 fully saturated rings. The van der Waals surface area contributed by atoms with Crippen LogP contribution in [0, 0.1) is 5.92 Å². The Kier molecular flexibility index (Phi) is 15.5. The van der Waals surface area contributed by atoms with Crippen molar-refractivity contribution in [3.63, 3.8) is 0 Å². The SMILES string of the molecule is CC[C@H](C)[C@H](NC(=O)[C@H](CCC1(c2ccc(OC)cc2)SCCS1)NC(=O)[C@H](CCSC)NC(=O)OC(C)(C)C)C(=O)OC. The van der Waals surface area contributed by atoms with Crippen LogP contribution in [0.15, 0.2) is 24.3 Å². The number of ether oxygens (including phenoxy) is 3. The largest absolute Gasteiger partial charge is 0.497 e. The zero-order chi connectivity index (χ0) is 32.9. The second-order valence-electron chi connectivity index (χ2n) is 11.7. The van der Waals surface area contributed by atoms with Crippen molar-refractivity contribution in [2.45, 2.75) is 88.1 Å². The predicted molar refractivity (Wildman–Crippen MR) is 180 cm³/mol. The zero-order valence-corrected chi connectivity index (χ0v) is 29.6. The summed E-state index contributed by atoms with van der Waals surface area (Å²) < 4.78 is 15.4. The Morgan fingerprint density at radius 1 is 0.955 bits per heavy atom. The van der Waals surface area contributed by atoms with Gasteiger partial charge in [0.1, 0.15) is 29.5 Å². The molecule has 0 saturated carbocycles.